The van der Waals surface area contributed by atoms with Crippen LogP contribution in [0.5, 0.6) is 0 Å². The van der Waals surface area contributed by atoms with Gasteiger partial charge in [-0.15, -0.1) is 5.10 Å². The van der Waals surface area contributed by atoms with Gasteiger partial charge in [0.2, 0.25) is 5.91 Å². The van der Waals surface area contributed by atoms with E-state index in [2.05, 4.69) is 15.5 Å². The van der Waals surface area contributed by atoms with Gasteiger partial charge in [0, 0.05) is 5.56 Å². The Kier molecular flexibility index (Phi) is 5.59. The molecule has 0 bridgehead atoms. The standard InChI is InChI=1S/C18H13F4N3OS/c19-14-7-2-1-5-12(14)10-23-25-17-24-16(26)15(27-17)9-11-4-3-6-13(8-11)18(20,21)22/h1-8,10,15H,9H2,(H,24,25,26)/b23-10+. The first-order valence-corrected chi connectivity index (χ1v) is 8.70. The highest BCUT2D eigenvalue weighted by atomic mass is 32.2. The number of hydrogen-bond acceptors (Lipinski definition) is 4. The average Bonchev–Trinajstić information content (AvgIpc) is 2.96. The zero-order chi connectivity index (χ0) is 19.4. The van der Waals surface area contributed by atoms with Crippen LogP contribution in [0.3, 0.4) is 0 Å². The van der Waals surface area contributed by atoms with Crippen molar-refractivity contribution in [3.8, 4) is 0 Å². The zero-order valence-corrected chi connectivity index (χ0v) is 14.5. The lowest BCUT2D eigenvalue weighted by molar-refractivity contribution is -0.137. The summed E-state index contributed by atoms with van der Waals surface area (Å²) < 4.78 is 51.8. The smallest absolute Gasteiger partial charge is 0.303 e. The molecule has 0 radical (unpaired) electrons. The molecule has 1 aliphatic rings. The van der Waals surface area contributed by atoms with Crippen molar-refractivity contribution in [3.05, 3.63) is 71.0 Å². The molecule has 1 fully saturated rings. The van der Waals surface area contributed by atoms with Crippen molar-refractivity contribution in [3.63, 3.8) is 0 Å². The second-order valence-corrected chi connectivity index (χ2v) is 6.86. The summed E-state index contributed by atoms with van der Waals surface area (Å²) >= 11 is 1.07. The molecule has 1 N–H and O–H groups in total. The van der Waals surface area contributed by atoms with E-state index in [4.69, 9.17) is 0 Å². The predicted molar refractivity (Wildman–Crippen MR) is 96.1 cm³/mol. The fraction of sp³-hybridized carbons (Fsp3) is 0.167. The van der Waals surface area contributed by atoms with Crippen LogP contribution in [0.1, 0.15) is 16.7 Å². The molecule has 0 aromatic heterocycles. The number of alkyl halides is 3. The van der Waals surface area contributed by atoms with Crippen LogP contribution in [0.25, 0.3) is 0 Å². The van der Waals surface area contributed by atoms with Gasteiger partial charge >= 0.3 is 6.18 Å². The van der Waals surface area contributed by atoms with Gasteiger partial charge in [-0.2, -0.15) is 18.3 Å². The highest BCUT2D eigenvalue weighted by Gasteiger charge is 2.33. The Morgan fingerprint density at radius 3 is 2.67 bits per heavy atom. The van der Waals surface area contributed by atoms with Crippen molar-refractivity contribution >= 4 is 29.1 Å². The summed E-state index contributed by atoms with van der Waals surface area (Å²) in [5.74, 6) is -0.816. The first-order valence-electron chi connectivity index (χ1n) is 7.82. The van der Waals surface area contributed by atoms with Gasteiger partial charge in [-0.3, -0.25) is 4.79 Å². The Morgan fingerprint density at radius 1 is 1.15 bits per heavy atom. The Bertz CT molecular complexity index is 911. The molecule has 3 rings (SSSR count). The third-order valence-corrected chi connectivity index (χ3v) is 4.77. The van der Waals surface area contributed by atoms with Crippen LogP contribution in [0, 0.1) is 5.82 Å². The van der Waals surface area contributed by atoms with Crippen molar-refractivity contribution in [2.24, 2.45) is 10.2 Å². The Morgan fingerprint density at radius 2 is 1.93 bits per heavy atom. The molecule has 1 amide bonds. The Hall–Kier alpha value is -2.68. The quantitative estimate of drug-likeness (QED) is 0.483. The van der Waals surface area contributed by atoms with E-state index >= 15 is 0 Å². The maximum Gasteiger partial charge on any atom is 0.416 e. The van der Waals surface area contributed by atoms with Crippen molar-refractivity contribution in [2.75, 3.05) is 0 Å². The summed E-state index contributed by atoms with van der Waals surface area (Å²) in [5.41, 5.74) is -0.114. The number of carbonyl (C=O) groups is 1. The minimum absolute atomic E-state index is 0.121. The third kappa shape index (κ3) is 4.94. The second-order valence-electron chi connectivity index (χ2n) is 5.67. The molecule has 2 aromatic carbocycles. The lowest BCUT2D eigenvalue weighted by Gasteiger charge is -2.10. The average molecular weight is 395 g/mol. The lowest BCUT2D eigenvalue weighted by Crippen LogP contribution is -2.26. The van der Waals surface area contributed by atoms with Gasteiger partial charge in [0.1, 0.15) is 5.82 Å². The number of amidine groups is 1. The Balaban J connectivity index is 1.66. The van der Waals surface area contributed by atoms with Crippen molar-refractivity contribution in [1.82, 2.24) is 5.32 Å². The van der Waals surface area contributed by atoms with E-state index < -0.39 is 22.8 Å². The molecule has 2 aromatic rings. The van der Waals surface area contributed by atoms with E-state index in [1.54, 1.807) is 12.1 Å². The molecular weight excluding hydrogens is 382 g/mol. The molecular formula is C18H13F4N3OS. The van der Waals surface area contributed by atoms with Gasteiger partial charge < -0.3 is 5.32 Å². The summed E-state index contributed by atoms with van der Waals surface area (Å²) in [6.07, 6.45) is -3.10. The summed E-state index contributed by atoms with van der Waals surface area (Å²) in [6, 6.07) is 10.9. The fourth-order valence-corrected chi connectivity index (χ4v) is 3.36. The van der Waals surface area contributed by atoms with Gasteiger partial charge in [0.15, 0.2) is 5.17 Å². The summed E-state index contributed by atoms with van der Waals surface area (Å²) in [5, 5.41) is 9.69. The lowest BCUT2D eigenvalue weighted by atomic mass is 10.1. The van der Waals surface area contributed by atoms with Crippen LogP contribution < -0.4 is 5.32 Å². The number of rotatable bonds is 4. The van der Waals surface area contributed by atoms with Crippen LogP contribution in [-0.2, 0) is 17.4 Å². The topological polar surface area (TPSA) is 53.8 Å². The van der Waals surface area contributed by atoms with E-state index in [1.165, 1.54) is 30.5 Å². The second kappa shape index (κ2) is 7.91. The highest BCUT2D eigenvalue weighted by molar-refractivity contribution is 8.15. The first kappa shape index (κ1) is 19.1. The van der Waals surface area contributed by atoms with E-state index in [1.807, 2.05) is 0 Å². The molecule has 9 heteroatoms. The number of carbonyl (C=O) groups excluding carboxylic acids is 1. The SMILES string of the molecule is O=C1N/C(=N\N=C\c2ccccc2F)SC1Cc1cccc(C(F)(F)F)c1. The molecule has 0 aliphatic carbocycles. The van der Waals surface area contributed by atoms with Crippen LogP contribution in [-0.4, -0.2) is 22.5 Å². The molecule has 1 unspecified atom stereocenters. The van der Waals surface area contributed by atoms with E-state index in [-0.39, 0.29) is 23.1 Å². The molecule has 140 valence electrons. The maximum absolute atomic E-state index is 13.5. The number of halogens is 4. The van der Waals surface area contributed by atoms with Crippen LogP contribution in [0.2, 0.25) is 0 Å². The third-order valence-electron chi connectivity index (χ3n) is 3.70. The van der Waals surface area contributed by atoms with Crippen molar-refractivity contribution in [2.45, 2.75) is 17.8 Å². The van der Waals surface area contributed by atoms with Crippen LogP contribution in [0.15, 0.2) is 58.7 Å². The number of thioether (sulfide) groups is 1. The van der Waals surface area contributed by atoms with Crippen LogP contribution in [0.4, 0.5) is 17.6 Å². The molecule has 1 atom stereocenters. The number of benzene rings is 2. The van der Waals surface area contributed by atoms with E-state index in [0.29, 0.717) is 5.56 Å². The van der Waals surface area contributed by atoms with Gasteiger partial charge in [-0.25, -0.2) is 4.39 Å². The predicted octanol–water partition coefficient (Wildman–Crippen LogP) is 4.01. The normalized spacial score (nSPS) is 19.0. The van der Waals surface area contributed by atoms with Gasteiger partial charge in [0.25, 0.3) is 0 Å². The first-order chi connectivity index (χ1) is 12.8. The molecule has 4 nitrogen and oxygen atoms in total. The monoisotopic (exact) mass is 395 g/mol. The summed E-state index contributed by atoms with van der Waals surface area (Å²) in [7, 11) is 0. The molecule has 27 heavy (non-hydrogen) atoms. The molecule has 1 aliphatic heterocycles. The zero-order valence-electron chi connectivity index (χ0n) is 13.7. The maximum atomic E-state index is 13.5. The highest BCUT2D eigenvalue weighted by Crippen LogP contribution is 2.31. The molecule has 0 saturated carbocycles. The summed E-state index contributed by atoms with van der Waals surface area (Å²) in [6.45, 7) is 0. The van der Waals surface area contributed by atoms with Crippen molar-refractivity contribution in [1.29, 1.82) is 0 Å². The van der Waals surface area contributed by atoms with Gasteiger partial charge in [0.05, 0.1) is 17.0 Å². The number of nitrogens with one attached hydrogen (secondary N) is 1. The number of nitrogens with zero attached hydrogens (tertiary/aromatic N) is 2. The van der Waals surface area contributed by atoms with Crippen molar-refractivity contribution < 1.29 is 22.4 Å². The minimum Gasteiger partial charge on any atom is -0.303 e. The van der Waals surface area contributed by atoms with Gasteiger partial charge in [-0.1, -0.05) is 48.2 Å². The number of hydrogen-bond donors (Lipinski definition) is 1. The minimum atomic E-state index is -4.44. The van der Waals surface area contributed by atoms with Crippen LogP contribution >= 0.6 is 11.8 Å². The number of amides is 1. The van der Waals surface area contributed by atoms with Gasteiger partial charge in [-0.05, 0) is 24.1 Å². The van der Waals surface area contributed by atoms with E-state index in [9.17, 15) is 22.4 Å². The molecule has 1 heterocycles. The summed E-state index contributed by atoms with van der Waals surface area (Å²) in [4.78, 5) is 12.0. The Labute approximate surface area is 156 Å². The van der Waals surface area contributed by atoms with E-state index in [0.717, 1.165) is 23.9 Å². The molecule has 1 saturated heterocycles. The largest absolute Gasteiger partial charge is 0.416 e. The fourth-order valence-electron chi connectivity index (χ4n) is 2.40. The molecule has 0 spiro atoms.